The van der Waals surface area contributed by atoms with Crippen LogP contribution in [0.4, 0.5) is 0 Å². The molecular formula is C18H18N2. The normalized spacial score (nSPS) is 15.4. The molecule has 1 aromatic heterocycles. The number of hydrogen-bond donors (Lipinski definition) is 0. The fourth-order valence-corrected chi connectivity index (χ4v) is 2.63. The highest BCUT2D eigenvalue weighted by atomic mass is 15.1. The molecule has 0 amide bonds. The predicted molar refractivity (Wildman–Crippen MR) is 86.2 cm³/mol. The summed E-state index contributed by atoms with van der Waals surface area (Å²) in [7, 11) is 0. The number of aromatic nitrogens is 2. The number of rotatable bonds is 3. The van der Waals surface area contributed by atoms with Crippen molar-refractivity contribution in [1.82, 2.24) is 9.55 Å². The van der Waals surface area contributed by atoms with Crippen molar-refractivity contribution in [3.8, 4) is 0 Å². The Kier molecular flexibility index (Phi) is 3.38. The van der Waals surface area contributed by atoms with E-state index in [9.17, 15) is 0 Å². The van der Waals surface area contributed by atoms with Gasteiger partial charge < -0.3 is 0 Å². The molecule has 0 atom stereocenters. The molecular weight excluding hydrogens is 244 g/mol. The van der Waals surface area contributed by atoms with Crippen LogP contribution in [-0.2, 0) is 0 Å². The zero-order chi connectivity index (χ0) is 13.9. The van der Waals surface area contributed by atoms with Gasteiger partial charge in [0.25, 0.3) is 0 Å². The van der Waals surface area contributed by atoms with Crippen LogP contribution in [0.25, 0.3) is 22.3 Å². The second-order valence-corrected chi connectivity index (χ2v) is 4.84. The molecule has 0 saturated carbocycles. The van der Waals surface area contributed by atoms with Gasteiger partial charge in [-0.1, -0.05) is 43.0 Å². The highest BCUT2D eigenvalue weighted by Crippen LogP contribution is 2.29. The van der Waals surface area contributed by atoms with Crippen LogP contribution >= 0.6 is 0 Å². The molecule has 0 saturated heterocycles. The zero-order valence-electron chi connectivity index (χ0n) is 11.7. The Morgan fingerprint density at radius 2 is 2.20 bits per heavy atom. The van der Waals surface area contributed by atoms with Gasteiger partial charge in [0.05, 0.1) is 11.0 Å². The molecule has 100 valence electrons. The summed E-state index contributed by atoms with van der Waals surface area (Å²) in [4.78, 5) is 4.83. The summed E-state index contributed by atoms with van der Waals surface area (Å²) in [5.41, 5.74) is 4.51. The van der Waals surface area contributed by atoms with E-state index in [1.54, 1.807) is 0 Å². The van der Waals surface area contributed by atoms with E-state index in [0.717, 1.165) is 35.4 Å². The first-order valence-electron chi connectivity index (χ1n) is 6.98. The molecule has 0 bridgehead atoms. The number of nitrogens with zero attached hydrogens (tertiary/aromatic N) is 2. The summed E-state index contributed by atoms with van der Waals surface area (Å²) >= 11 is 0. The van der Waals surface area contributed by atoms with Crippen LogP contribution in [0.15, 0.2) is 61.2 Å². The minimum absolute atomic E-state index is 1.03. The Balaban J connectivity index is 2.30. The topological polar surface area (TPSA) is 17.8 Å². The summed E-state index contributed by atoms with van der Waals surface area (Å²) in [5, 5.41) is 0. The summed E-state index contributed by atoms with van der Waals surface area (Å²) in [6, 6.07) is 8.25. The summed E-state index contributed by atoms with van der Waals surface area (Å²) in [5.74, 6) is 1.03. The van der Waals surface area contributed by atoms with Crippen molar-refractivity contribution in [3.05, 3.63) is 67.0 Å². The van der Waals surface area contributed by atoms with E-state index in [2.05, 4.69) is 53.6 Å². The maximum atomic E-state index is 4.83. The Labute approximate surface area is 119 Å². The minimum Gasteiger partial charge on any atom is -0.293 e. The first-order valence-corrected chi connectivity index (χ1v) is 6.98. The van der Waals surface area contributed by atoms with Crippen molar-refractivity contribution >= 4 is 22.3 Å². The van der Waals surface area contributed by atoms with E-state index in [0.29, 0.717) is 0 Å². The van der Waals surface area contributed by atoms with E-state index >= 15 is 0 Å². The van der Waals surface area contributed by atoms with E-state index in [1.807, 2.05) is 19.1 Å². The molecule has 0 fully saturated rings. The Morgan fingerprint density at radius 1 is 1.35 bits per heavy atom. The highest BCUT2D eigenvalue weighted by molar-refractivity contribution is 5.85. The number of para-hydroxylation sites is 2. The van der Waals surface area contributed by atoms with Crippen LogP contribution in [0.5, 0.6) is 0 Å². The van der Waals surface area contributed by atoms with Crippen molar-refractivity contribution < 1.29 is 0 Å². The molecule has 2 nitrogen and oxygen atoms in total. The van der Waals surface area contributed by atoms with Gasteiger partial charge in [0.1, 0.15) is 5.82 Å². The summed E-state index contributed by atoms with van der Waals surface area (Å²) < 4.78 is 2.20. The van der Waals surface area contributed by atoms with E-state index in [1.165, 1.54) is 5.57 Å². The van der Waals surface area contributed by atoms with Crippen molar-refractivity contribution in [3.63, 3.8) is 0 Å². The minimum atomic E-state index is 1.03. The lowest BCUT2D eigenvalue weighted by Crippen LogP contribution is -2.02. The standard InChI is InChI=1S/C18H18N2/c1-3-15(4-2)20-17-13-9-8-12-16(17)19-18(20)14-10-6-5-7-11-14/h3-6,8-10,12-13H,1,7,11H2,2H3/b15-4+. The Bertz CT molecular complexity index is 742. The quantitative estimate of drug-likeness (QED) is 0.725. The van der Waals surface area contributed by atoms with Crippen LogP contribution < -0.4 is 0 Å². The van der Waals surface area contributed by atoms with Gasteiger partial charge in [-0.2, -0.15) is 0 Å². The van der Waals surface area contributed by atoms with Gasteiger partial charge in [0.15, 0.2) is 0 Å². The highest BCUT2D eigenvalue weighted by Gasteiger charge is 2.16. The molecule has 0 unspecified atom stereocenters. The lowest BCUT2D eigenvalue weighted by molar-refractivity contribution is 0.995. The molecule has 0 aliphatic heterocycles. The van der Waals surface area contributed by atoms with Gasteiger partial charge >= 0.3 is 0 Å². The van der Waals surface area contributed by atoms with Crippen molar-refractivity contribution in [2.24, 2.45) is 0 Å². The molecule has 1 aromatic carbocycles. The smallest absolute Gasteiger partial charge is 0.141 e. The molecule has 3 rings (SSSR count). The number of fused-ring (bicyclic) bond motifs is 1. The van der Waals surface area contributed by atoms with Gasteiger partial charge in [0.2, 0.25) is 0 Å². The monoisotopic (exact) mass is 262 g/mol. The zero-order valence-corrected chi connectivity index (χ0v) is 11.7. The molecule has 0 radical (unpaired) electrons. The van der Waals surface area contributed by atoms with Gasteiger partial charge in [-0.25, -0.2) is 4.98 Å². The second-order valence-electron chi connectivity index (χ2n) is 4.84. The first-order chi connectivity index (χ1) is 9.85. The molecule has 0 N–H and O–H groups in total. The van der Waals surface area contributed by atoms with Gasteiger partial charge in [0, 0.05) is 5.70 Å². The van der Waals surface area contributed by atoms with E-state index < -0.39 is 0 Å². The first kappa shape index (κ1) is 12.7. The molecule has 2 aromatic rings. The SMILES string of the molecule is C=C/C(=C\C)n1c(C2=CC=CCC2)nc2ccccc21. The maximum Gasteiger partial charge on any atom is 0.141 e. The second kappa shape index (κ2) is 5.33. The fourth-order valence-electron chi connectivity index (χ4n) is 2.63. The average Bonchev–Trinajstić information content (AvgIpc) is 2.89. The van der Waals surface area contributed by atoms with Crippen molar-refractivity contribution in [1.29, 1.82) is 0 Å². The Morgan fingerprint density at radius 3 is 2.90 bits per heavy atom. The molecule has 1 heterocycles. The lowest BCUT2D eigenvalue weighted by atomic mass is 10.0. The molecule has 1 aliphatic carbocycles. The molecule has 1 aliphatic rings. The van der Waals surface area contributed by atoms with Crippen molar-refractivity contribution in [2.75, 3.05) is 0 Å². The van der Waals surface area contributed by atoms with Crippen LogP contribution in [0.1, 0.15) is 25.6 Å². The van der Waals surface area contributed by atoms with E-state index in [4.69, 9.17) is 4.98 Å². The summed E-state index contributed by atoms with van der Waals surface area (Å²) in [6.07, 6.45) is 12.5. The molecule has 2 heteroatoms. The number of hydrogen-bond acceptors (Lipinski definition) is 1. The average molecular weight is 262 g/mol. The van der Waals surface area contributed by atoms with Crippen LogP contribution in [0, 0.1) is 0 Å². The van der Waals surface area contributed by atoms with Crippen LogP contribution in [0.2, 0.25) is 0 Å². The molecule has 0 spiro atoms. The largest absolute Gasteiger partial charge is 0.293 e. The van der Waals surface area contributed by atoms with Crippen LogP contribution in [-0.4, -0.2) is 9.55 Å². The third-order valence-corrected chi connectivity index (χ3v) is 3.62. The fraction of sp³-hybridized carbons (Fsp3) is 0.167. The van der Waals surface area contributed by atoms with Crippen molar-refractivity contribution in [2.45, 2.75) is 19.8 Å². The number of benzene rings is 1. The third-order valence-electron chi connectivity index (χ3n) is 3.62. The van der Waals surface area contributed by atoms with Gasteiger partial charge in [-0.3, -0.25) is 4.57 Å². The third kappa shape index (κ3) is 2.03. The van der Waals surface area contributed by atoms with Gasteiger partial charge in [-0.05, 0) is 43.5 Å². The number of allylic oxidation sites excluding steroid dienone is 7. The number of imidazole rings is 1. The van der Waals surface area contributed by atoms with E-state index in [-0.39, 0.29) is 0 Å². The lowest BCUT2D eigenvalue weighted by Gasteiger charge is -2.13. The summed E-state index contributed by atoms with van der Waals surface area (Å²) in [6.45, 7) is 5.96. The Hall–Kier alpha value is -2.35. The maximum absolute atomic E-state index is 4.83. The predicted octanol–water partition coefficient (Wildman–Crippen LogP) is 4.82. The van der Waals surface area contributed by atoms with Crippen LogP contribution in [0.3, 0.4) is 0 Å². The molecule has 20 heavy (non-hydrogen) atoms. The van der Waals surface area contributed by atoms with Gasteiger partial charge in [-0.15, -0.1) is 0 Å².